The summed E-state index contributed by atoms with van der Waals surface area (Å²) in [4.78, 5) is 2.21. The molecule has 0 saturated carbocycles. The minimum absolute atomic E-state index is 0.147. The van der Waals surface area contributed by atoms with Crippen LogP contribution in [0.5, 0.6) is 0 Å². The molecule has 21 heavy (non-hydrogen) atoms. The van der Waals surface area contributed by atoms with Crippen LogP contribution in [0.4, 0.5) is 5.69 Å². The first kappa shape index (κ1) is 18.3. The molecule has 0 fully saturated rings. The topological polar surface area (TPSA) is 35.5 Å². The predicted molar refractivity (Wildman–Crippen MR) is 92.2 cm³/mol. The second kappa shape index (κ2) is 10.0. The smallest absolute Gasteiger partial charge is 0.0642 e. The molecule has 0 heterocycles. The molecule has 0 unspecified atom stereocenters. The molecule has 0 aliphatic heterocycles. The summed E-state index contributed by atoms with van der Waals surface area (Å²) in [6, 6.07) is 6.04. The van der Waals surface area contributed by atoms with Gasteiger partial charge in [0.15, 0.2) is 0 Å². The van der Waals surface area contributed by atoms with Crippen LogP contribution in [0.2, 0.25) is 5.02 Å². The van der Waals surface area contributed by atoms with E-state index < -0.39 is 0 Å². The lowest BCUT2D eigenvalue weighted by molar-refractivity contribution is 0.301. The molecule has 1 aromatic rings. The van der Waals surface area contributed by atoms with E-state index in [2.05, 4.69) is 37.1 Å². The van der Waals surface area contributed by atoms with E-state index in [1.54, 1.807) is 0 Å². The fourth-order valence-electron chi connectivity index (χ4n) is 2.36. The summed E-state index contributed by atoms with van der Waals surface area (Å²) in [6.07, 6.45) is 2.23. The third-order valence-corrected chi connectivity index (χ3v) is 3.71. The van der Waals surface area contributed by atoms with Crippen molar-refractivity contribution in [2.75, 3.05) is 31.1 Å². The summed E-state index contributed by atoms with van der Waals surface area (Å²) in [6.45, 7) is 10.1. The number of nitrogens with zero attached hydrogens (tertiary/aromatic N) is 1. The molecule has 120 valence electrons. The molecule has 3 nitrogen and oxygen atoms in total. The molecule has 0 atom stereocenters. The Morgan fingerprint density at radius 3 is 2.67 bits per heavy atom. The number of aliphatic hydroxyl groups excluding tert-OH is 1. The van der Waals surface area contributed by atoms with Gasteiger partial charge in [0.1, 0.15) is 0 Å². The van der Waals surface area contributed by atoms with Crippen molar-refractivity contribution >= 4 is 17.3 Å². The minimum atomic E-state index is 0.147. The van der Waals surface area contributed by atoms with E-state index in [1.165, 1.54) is 5.56 Å². The summed E-state index contributed by atoms with van der Waals surface area (Å²) in [5.74, 6) is 0.626. The first-order valence-electron chi connectivity index (χ1n) is 7.94. The van der Waals surface area contributed by atoms with Gasteiger partial charge in [0.05, 0.1) is 17.3 Å². The van der Waals surface area contributed by atoms with E-state index in [-0.39, 0.29) is 6.61 Å². The van der Waals surface area contributed by atoms with Gasteiger partial charge in [-0.1, -0.05) is 50.9 Å². The van der Waals surface area contributed by atoms with Gasteiger partial charge in [0.25, 0.3) is 0 Å². The van der Waals surface area contributed by atoms with Crippen molar-refractivity contribution in [3.8, 4) is 0 Å². The molecule has 0 amide bonds. The molecule has 0 aromatic heterocycles. The van der Waals surface area contributed by atoms with Gasteiger partial charge >= 0.3 is 0 Å². The third-order valence-electron chi connectivity index (χ3n) is 3.41. The van der Waals surface area contributed by atoms with E-state index in [4.69, 9.17) is 11.6 Å². The number of rotatable bonds is 10. The normalized spacial score (nSPS) is 11.1. The standard InChI is InChI=1S/C17H29ClN2O/c1-4-5-9-20(10-11-21)17-15(7-6-8-16(17)18)13-19-12-14(2)3/h6-8,14,19,21H,4-5,9-13H2,1-3H3. The third kappa shape index (κ3) is 6.25. The van der Waals surface area contributed by atoms with Crippen LogP contribution in [-0.4, -0.2) is 31.3 Å². The van der Waals surface area contributed by atoms with Gasteiger partial charge in [-0.2, -0.15) is 0 Å². The zero-order chi connectivity index (χ0) is 15.7. The lowest BCUT2D eigenvalue weighted by Crippen LogP contribution is -2.30. The van der Waals surface area contributed by atoms with Crippen molar-refractivity contribution in [3.63, 3.8) is 0 Å². The van der Waals surface area contributed by atoms with E-state index in [1.807, 2.05) is 12.1 Å². The second-order valence-corrected chi connectivity index (χ2v) is 6.24. The number of halogens is 1. The Labute approximate surface area is 134 Å². The van der Waals surface area contributed by atoms with Gasteiger partial charge in [-0.05, 0) is 30.5 Å². The molecule has 0 saturated heterocycles. The molecular weight excluding hydrogens is 284 g/mol. The minimum Gasteiger partial charge on any atom is -0.395 e. The van der Waals surface area contributed by atoms with Crippen LogP contribution in [0.3, 0.4) is 0 Å². The largest absolute Gasteiger partial charge is 0.395 e. The van der Waals surface area contributed by atoms with Gasteiger partial charge in [0.2, 0.25) is 0 Å². The van der Waals surface area contributed by atoms with Gasteiger partial charge in [-0.3, -0.25) is 0 Å². The summed E-state index contributed by atoms with van der Waals surface area (Å²) >= 11 is 6.43. The zero-order valence-corrected chi connectivity index (χ0v) is 14.3. The van der Waals surface area contributed by atoms with E-state index in [0.717, 1.165) is 43.2 Å². The number of unbranched alkanes of at least 4 members (excludes halogenated alkanes) is 1. The number of para-hydroxylation sites is 1. The summed E-state index contributed by atoms with van der Waals surface area (Å²) in [5.41, 5.74) is 2.27. The van der Waals surface area contributed by atoms with Crippen molar-refractivity contribution in [1.29, 1.82) is 0 Å². The Kier molecular flexibility index (Phi) is 8.74. The SMILES string of the molecule is CCCCN(CCO)c1c(Cl)cccc1CNCC(C)C. The maximum atomic E-state index is 9.33. The van der Waals surface area contributed by atoms with Crippen molar-refractivity contribution in [2.45, 2.75) is 40.2 Å². The first-order chi connectivity index (χ1) is 10.1. The number of anilines is 1. The van der Waals surface area contributed by atoms with Crippen molar-refractivity contribution in [2.24, 2.45) is 5.92 Å². The van der Waals surface area contributed by atoms with Crippen LogP contribution < -0.4 is 10.2 Å². The molecule has 0 spiro atoms. The maximum Gasteiger partial charge on any atom is 0.0642 e. The number of benzene rings is 1. The van der Waals surface area contributed by atoms with Gasteiger partial charge in [-0.25, -0.2) is 0 Å². The molecule has 0 radical (unpaired) electrons. The molecule has 0 aliphatic rings. The highest BCUT2D eigenvalue weighted by atomic mass is 35.5. The average Bonchev–Trinajstić information content (AvgIpc) is 2.44. The first-order valence-corrected chi connectivity index (χ1v) is 8.31. The van der Waals surface area contributed by atoms with Crippen LogP contribution in [0, 0.1) is 5.92 Å². The van der Waals surface area contributed by atoms with E-state index >= 15 is 0 Å². The number of nitrogens with one attached hydrogen (secondary N) is 1. The highest BCUT2D eigenvalue weighted by molar-refractivity contribution is 6.33. The average molecular weight is 313 g/mol. The monoisotopic (exact) mass is 312 g/mol. The van der Waals surface area contributed by atoms with E-state index in [0.29, 0.717) is 12.5 Å². The molecule has 0 aliphatic carbocycles. The van der Waals surface area contributed by atoms with Crippen LogP contribution in [0.25, 0.3) is 0 Å². The van der Waals surface area contributed by atoms with Gasteiger partial charge in [-0.15, -0.1) is 0 Å². The molecular formula is C17H29ClN2O. The van der Waals surface area contributed by atoms with Crippen LogP contribution in [0.1, 0.15) is 39.2 Å². The molecule has 0 bridgehead atoms. The molecule has 1 aromatic carbocycles. The van der Waals surface area contributed by atoms with Crippen molar-refractivity contribution in [3.05, 3.63) is 28.8 Å². The van der Waals surface area contributed by atoms with Crippen molar-refractivity contribution in [1.82, 2.24) is 5.32 Å². The Morgan fingerprint density at radius 1 is 1.29 bits per heavy atom. The van der Waals surface area contributed by atoms with Crippen molar-refractivity contribution < 1.29 is 5.11 Å². The van der Waals surface area contributed by atoms with Crippen LogP contribution in [-0.2, 0) is 6.54 Å². The quantitative estimate of drug-likeness (QED) is 0.692. The summed E-state index contributed by atoms with van der Waals surface area (Å²) < 4.78 is 0. The van der Waals surface area contributed by atoms with Crippen LogP contribution in [0.15, 0.2) is 18.2 Å². The fraction of sp³-hybridized carbons (Fsp3) is 0.647. The van der Waals surface area contributed by atoms with Gasteiger partial charge in [0, 0.05) is 19.6 Å². The predicted octanol–water partition coefficient (Wildman–Crippen LogP) is 3.68. The number of hydrogen-bond donors (Lipinski definition) is 2. The Bertz CT molecular complexity index is 410. The van der Waals surface area contributed by atoms with Gasteiger partial charge < -0.3 is 15.3 Å². The highest BCUT2D eigenvalue weighted by Gasteiger charge is 2.14. The lowest BCUT2D eigenvalue weighted by atomic mass is 10.1. The zero-order valence-electron chi connectivity index (χ0n) is 13.5. The molecule has 4 heteroatoms. The fourth-order valence-corrected chi connectivity index (χ4v) is 2.67. The Hall–Kier alpha value is -0.770. The van der Waals surface area contributed by atoms with E-state index in [9.17, 15) is 5.11 Å². The maximum absolute atomic E-state index is 9.33. The Morgan fingerprint density at radius 2 is 2.05 bits per heavy atom. The van der Waals surface area contributed by atoms with Crippen LogP contribution >= 0.6 is 11.6 Å². The molecule has 1 rings (SSSR count). The highest BCUT2D eigenvalue weighted by Crippen LogP contribution is 2.30. The summed E-state index contributed by atoms with van der Waals surface area (Å²) in [7, 11) is 0. The lowest BCUT2D eigenvalue weighted by Gasteiger charge is -2.27. The Balaban J connectivity index is 2.89. The summed E-state index contributed by atoms with van der Waals surface area (Å²) in [5, 5.41) is 13.6. The second-order valence-electron chi connectivity index (χ2n) is 5.84. The molecule has 2 N–H and O–H groups in total. The number of aliphatic hydroxyl groups is 1. The number of hydrogen-bond acceptors (Lipinski definition) is 3.